The number of aliphatic hydroxyl groups is 1. The Bertz CT molecular complexity index is 550. The molecule has 0 aromatic carbocycles. The molecule has 0 aliphatic carbocycles. The van der Waals surface area contributed by atoms with Gasteiger partial charge < -0.3 is 14.6 Å². The Balaban J connectivity index is 2.97. The number of rotatable bonds is 9. The second-order valence-electron chi connectivity index (χ2n) is 4.12. The molecule has 1 aromatic heterocycles. The Morgan fingerprint density at radius 3 is 2.86 bits per heavy atom. The van der Waals surface area contributed by atoms with Gasteiger partial charge in [-0.15, -0.1) is 0 Å². The number of ether oxygens (including phenoxy) is 2. The summed E-state index contributed by atoms with van der Waals surface area (Å²) in [6, 6.07) is -0.622. The Hall–Kier alpha value is -1.49. The summed E-state index contributed by atoms with van der Waals surface area (Å²) in [6.45, 7) is 1.61. The molecule has 0 bridgehead atoms. The minimum absolute atomic E-state index is 0.0860. The quantitative estimate of drug-likeness (QED) is 0.511. The number of nitrogens with zero attached hydrogens (tertiary/aromatic N) is 1. The second-order valence-corrected chi connectivity index (χ2v) is 5.77. The van der Waals surface area contributed by atoms with Crippen molar-refractivity contribution in [3.63, 3.8) is 0 Å². The van der Waals surface area contributed by atoms with Gasteiger partial charge in [0.1, 0.15) is 5.56 Å². The molecule has 0 saturated heterocycles. The van der Waals surface area contributed by atoms with Gasteiger partial charge in [-0.1, -0.05) is 0 Å². The molecule has 0 amide bonds. The largest absolute Gasteiger partial charge is 0.462 e. The van der Waals surface area contributed by atoms with E-state index in [0.717, 1.165) is 6.20 Å². The number of methoxy groups -OCH3 is 1. The fourth-order valence-electron chi connectivity index (χ4n) is 1.65. The normalized spacial score (nSPS) is 13.1. The molecule has 1 rings (SSSR count). The van der Waals surface area contributed by atoms with Gasteiger partial charge >= 0.3 is 5.97 Å². The zero-order valence-electron chi connectivity index (χ0n) is 11.8. The fraction of sp³-hybridized carbons (Fsp3) is 0.636. The molecule has 0 spiro atoms. The third kappa shape index (κ3) is 4.77. The number of hydrogen-bond acceptors (Lipinski definition) is 7. The maximum Gasteiger partial charge on any atom is 0.342 e. The monoisotopic (exact) mass is 321 g/mol. The van der Waals surface area contributed by atoms with Crippen LogP contribution in [-0.2, 0) is 19.5 Å². The highest BCUT2D eigenvalue weighted by Crippen LogP contribution is 2.14. The molecule has 0 aliphatic rings. The lowest BCUT2D eigenvalue weighted by atomic mass is 10.2. The van der Waals surface area contributed by atoms with Gasteiger partial charge in [-0.2, -0.15) is 5.10 Å². The lowest BCUT2D eigenvalue weighted by Gasteiger charge is -2.16. The van der Waals surface area contributed by atoms with E-state index in [-0.39, 0.29) is 36.8 Å². The number of carbonyl (C=O) groups excluding carboxylic acids is 1. The van der Waals surface area contributed by atoms with Crippen LogP contribution in [0.3, 0.4) is 0 Å². The number of carbonyl (C=O) groups is 1. The van der Waals surface area contributed by atoms with Gasteiger partial charge in [-0.25, -0.2) is 17.9 Å². The molecule has 9 nitrogen and oxygen atoms in total. The van der Waals surface area contributed by atoms with Crippen LogP contribution in [0.4, 0.5) is 0 Å². The Kier molecular flexibility index (Phi) is 6.75. The Morgan fingerprint density at radius 2 is 2.29 bits per heavy atom. The molecule has 120 valence electrons. The average molecular weight is 321 g/mol. The number of esters is 1. The summed E-state index contributed by atoms with van der Waals surface area (Å²) < 4.78 is 36.5. The van der Waals surface area contributed by atoms with Gasteiger partial charge in [-0.05, 0) is 13.3 Å². The van der Waals surface area contributed by atoms with Gasteiger partial charge in [0.2, 0.25) is 0 Å². The van der Waals surface area contributed by atoms with Crippen molar-refractivity contribution < 1.29 is 27.8 Å². The predicted octanol–water partition coefficient (Wildman–Crippen LogP) is -0.738. The van der Waals surface area contributed by atoms with E-state index in [1.165, 1.54) is 7.11 Å². The van der Waals surface area contributed by atoms with Crippen LogP contribution in [0.1, 0.15) is 23.7 Å². The van der Waals surface area contributed by atoms with Gasteiger partial charge in [0.05, 0.1) is 19.4 Å². The average Bonchev–Trinajstić information content (AvgIpc) is 2.89. The van der Waals surface area contributed by atoms with Crippen LogP contribution >= 0.6 is 0 Å². The van der Waals surface area contributed by atoms with Crippen LogP contribution in [0, 0.1) is 0 Å². The topological polar surface area (TPSA) is 131 Å². The number of H-pyrrole nitrogens is 1. The van der Waals surface area contributed by atoms with E-state index in [2.05, 4.69) is 14.9 Å². The summed E-state index contributed by atoms with van der Waals surface area (Å²) in [6.07, 6.45) is 1.26. The molecule has 1 atom stereocenters. The van der Waals surface area contributed by atoms with E-state index in [1.54, 1.807) is 6.92 Å². The minimum atomic E-state index is -4.01. The van der Waals surface area contributed by atoms with Crippen LogP contribution in [0.15, 0.2) is 11.2 Å². The van der Waals surface area contributed by atoms with E-state index in [1.807, 2.05) is 0 Å². The number of aromatic amines is 1. The van der Waals surface area contributed by atoms with Gasteiger partial charge in [0.25, 0.3) is 10.0 Å². The predicted molar refractivity (Wildman–Crippen MR) is 72.2 cm³/mol. The van der Waals surface area contributed by atoms with E-state index in [9.17, 15) is 13.2 Å². The first-order valence-corrected chi connectivity index (χ1v) is 7.77. The molecular formula is C11H19N3O6S. The summed E-state index contributed by atoms with van der Waals surface area (Å²) in [5, 5.41) is 14.4. The minimum Gasteiger partial charge on any atom is -0.462 e. The molecule has 0 aliphatic heterocycles. The highest BCUT2D eigenvalue weighted by Gasteiger charge is 2.28. The summed E-state index contributed by atoms with van der Waals surface area (Å²) in [5.74, 6) is -0.780. The van der Waals surface area contributed by atoms with Gasteiger partial charge in [-0.3, -0.25) is 5.10 Å². The van der Waals surface area contributed by atoms with Gasteiger partial charge in [0, 0.05) is 19.8 Å². The molecule has 1 unspecified atom stereocenters. The maximum absolute atomic E-state index is 12.3. The van der Waals surface area contributed by atoms with E-state index >= 15 is 0 Å². The Labute approximate surface area is 122 Å². The van der Waals surface area contributed by atoms with Crippen LogP contribution in [-0.4, -0.2) is 62.7 Å². The third-order valence-corrected chi connectivity index (χ3v) is 4.03. The summed E-state index contributed by atoms with van der Waals surface area (Å²) in [7, 11) is -2.60. The molecule has 0 radical (unpaired) electrons. The summed E-state index contributed by atoms with van der Waals surface area (Å²) in [4.78, 5) is 11.7. The van der Waals surface area contributed by atoms with Crippen molar-refractivity contribution in [2.75, 3.05) is 26.9 Å². The number of sulfonamides is 1. The number of aliphatic hydroxyl groups excluding tert-OH is 1. The highest BCUT2D eigenvalue weighted by molar-refractivity contribution is 7.89. The van der Waals surface area contributed by atoms with Crippen molar-refractivity contribution in [1.29, 1.82) is 0 Å². The van der Waals surface area contributed by atoms with Crippen LogP contribution in [0.2, 0.25) is 0 Å². The van der Waals surface area contributed by atoms with Crippen molar-refractivity contribution >= 4 is 16.0 Å². The Morgan fingerprint density at radius 1 is 1.57 bits per heavy atom. The lowest BCUT2D eigenvalue weighted by Crippen LogP contribution is -2.39. The maximum atomic E-state index is 12.3. The number of nitrogens with one attached hydrogen (secondary N) is 2. The summed E-state index contributed by atoms with van der Waals surface area (Å²) >= 11 is 0. The van der Waals surface area contributed by atoms with Crippen LogP contribution in [0.5, 0.6) is 0 Å². The molecule has 1 heterocycles. The van der Waals surface area contributed by atoms with Crippen LogP contribution < -0.4 is 4.72 Å². The SMILES string of the molecule is CCOC(=O)c1cn[nH]c1S(=O)(=O)NC(CCO)COC. The first kappa shape index (κ1) is 17.6. The molecular weight excluding hydrogens is 302 g/mol. The lowest BCUT2D eigenvalue weighted by molar-refractivity contribution is 0.0521. The van der Waals surface area contributed by atoms with Crippen molar-refractivity contribution in [2.24, 2.45) is 0 Å². The van der Waals surface area contributed by atoms with Crippen LogP contribution in [0.25, 0.3) is 0 Å². The van der Waals surface area contributed by atoms with Crippen molar-refractivity contribution in [3.05, 3.63) is 11.8 Å². The van der Waals surface area contributed by atoms with Crippen molar-refractivity contribution in [2.45, 2.75) is 24.4 Å². The molecule has 0 saturated carbocycles. The zero-order valence-corrected chi connectivity index (χ0v) is 12.6. The summed E-state index contributed by atoms with van der Waals surface area (Å²) in [5.41, 5.74) is -0.176. The molecule has 10 heteroatoms. The number of aromatic nitrogens is 2. The number of hydrogen-bond donors (Lipinski definition) is 3. The molecule has 1 aromatic rings. The standard InChI is InChI=1S/C11H19N3O6S/c1-3-20-11(16)9-6-12-13-10(9)21(17,18)14-8(4-5-15)7-19-2/h6,8,14-15H,3-5,7H2,1-2H3,(H,12,13). The second kappa shape index (κ2) is 8.08. The van der Waals surface area contributed by atoms with E-state index in [4.69, 9.17) is 14.6 Å². The van der Waals surface area contributed by atoms with E-state index in [0.29, 0.717) is 0 Å². The first-order valence-electron chi connectivity index (χ1n) is 6.28. The smallest absolute Gasteiger partial charge is 0.342 e. The molecule has 21 heavy (non-hydrogen) atoms. The molecule has 0 fully saturated rings. The fourth-order valence-corrected chi connectivity index (χ4v) is 2.99. The third-order valence-electron chi connectivity index (χ3n) is 2.54. The van der Waals surface area contributed by atoms with Gasteiger partial charge in [0.15, 0.2) is 5.03 Å². The highest BCUT2D eigenvalue weighted by atomic mass is 32.2. The first-order chi connectivity index (χ1) is 9.96. The zero-order chi connectivity index (χ0) is 15.9. The van der Waals surface area contributed by atoms with Crippen molar-refractivity contribution in [3.8, 4) is 0 Å². The van der Waals surface area contributed by atoms with E-state index < -0.39 is 22.0 Å². The molecule has 3 N–H and O–H groups in total. The van der Waals surface area contributed by atoms with Crippen molar-refractivity contribution in [1.82, 2.24) is 14.9 Å².